The van der Waals surface area contributed by atoms with Gasteiger partial charge in [0.25, 0.3) is 5.91 Å². The number of carbonyl (C=O) groups excluding carboxylic acids is 1. The summed E-state index contributed by atoms with van der Waals surface area (Å²) in [6.07, 6.45) is 0.765. The number of nitrogens with two attached hydrogens (primary N) is 1. The van der Waals surface area contributed by atoms with E-state index in [1.807, 2.05) is 25.1 Å². The number of para-hydroxylation sites is 1. The first-order chi connectivity index (χ1) is 10.9. The maximum atomic E-state index is 12.4. The van der Waals surface area contributed by atoms with Crippen LogP contribution in [0.2, 0.25) is 0 Å². The molecule has 0 spiro atoms. The van der Waals surface area contributed by atoms with Crippen molar-refractivity contribution in [2.45, 2.75) is 18.2 Å². The van der Waals surface area contributed by atoms with E-state index in [1.165, 1.54) is 25.3 Å². The van der Waals surface area contributed by atoms with Gasteiger partial charge in [-0.1, -0.05) is 25.1 Å². The Bertz CT molecular complexity index is 832. The molecule has 6 nitrogen and oxygen atoms in total. The Balaban J connectivity index is 2.37. The number of amides is 1. The van der Waals surface area contributed by atoms with E-state index in [0.29, 0.717) is 5.69 Å². The van der Waals surface area contributed by atoms with Crippen molar-refractivity contribution in [2.24, 2.45) is 5.14 Å². The number of ether oxygens (including phenoxy) is 1. The smallest absolute Gasteiger partial charge is 0.255 e. The molecular formula is C16H18N2O4S. The molecule has 1 amide bonds. The van der Waals surface area contributed by atoms with E-state index in [2.05, 4.69) is 5.32 Å². The van der Waals surface area contributed by atoms with Crippen molar-refractivity contribution in [1.82, 2.24) is 0 Å². The molecule has 0 saturated carbocycles. The summed E-state index contributed by atoms with van der Waals surface area (Å²) in [4.78, 5) is 12.1. The Morgan fingerprint density at radius 2 is 1.91 bits per heavy atom. The largest absolute Gasteiger partial charge is 0.495 e. The summed E-state index contributed by atoms with van der Waals surface area (Å²) in [6.45, 7) is 1.98. The number of nitrogens with one attached hydrogen (secondary N) is 1. The number of hydrogen-bond donors (Lipinski definition) is 2. The van der Waals surface area contributed by atoms with Crippen LogP contribution in [0.1, 0.15) is 22.8 Å². The molecule has 0 aliphatic carbocycles. The molecule has 3 N–H and O–H groups in total. The highest BCUT2D eigenvalue weighted by Crippen LogP contribution is 2.24. The average molecular weight is 334 g/mol. The lowest BCUT2D eigenvalue weighted by Gasteiger charge is -2.11. The van der Waals surface area contributed by atoms with Crippen LogP contribution in [0.25, 0.3) is 0 Å². The van der Waals surface area contributed by atoms with Gasteiger partial charge in [-0.15, -0.1) is 0 Å². The van der Waals surface area contributed by atoms with Crippen LogP contribution in [0.15, 0.2) is 47.4 Å². The van der Waals surface area contributed by atoms with Crippen molar-refractivity contribution < 1.29 is 17.9 Å². The van der Waals surface area contributed by atoms with Crippen LogP contribution in [-0.2, 0) is 16.4 Å². The normalized spacial score (nSPS) is 11.1. The number of benzene rings is 2. The van der Waals surface area contributed by atoms with Gasteiger partial charge >= 0.3 is 0 Å². The second kappa shape index (κ2) is 6.80. The van der Waals surface area contributed by atoms with Gasteiger partial charge in [0.15, 0.2) is 0 Å². The van der Waals surface area contributed by atoms with E-state index < -0.39 is 15.9 Å². The molecule has 0 unspecified atom stereocenters. The van der Waals surface area contributed by atoms with Crippen LogP contribution in [0, 0.1) is 0 Å². The number of primary sulfonamides is 1. The van der Waals surface area contributed by atoms with Crippen LogP contribution in [0.5, 0.6) is 5.75 Å². The zero-order chi connectivity index (χ0) is 17.0. The third-order valence-corrected chi connectivity index (χ3v) is 4.31. The van der Waals surface area contributed by atoms with Gasteiger partial charge in [-0.05, 0) is 36.2 Å². The summed E-state index contributed by atoms with van der Waals surface area (Å²) in [5, 5.41) is 7.94. The molecule has 0 fully saturated rings. The second-order valence-electron chi connectivity index (χ2n) is 4.88. The fourth-order valence-electron chi connectivity index (χ4n) is 2.19. The lowest BCUT2D eigenvalue weighted by molar-refractivity contribution is 0.102. The fourth-order valence-corrected chi connectivity index (χ4v) is 2.91. The van der Waals surface area contributed by atoms with Gasteiger partial charge in [-0.25, -0.2) is 13.6 Å². The summed E-state index contributed by atoms with van der Waals surface area (Å²) >= 11 is 0. The lowest BCUT2D eigenvalue weighted by Crippen LogP contribution is -2.17. The second-order valence-corrected chi connectivity index (χ2v) is 6.41. The predicted octanol–water partition coefficient (Wildman–Crippen LogP) is 2.16. The highest BCUT2D eigenvalue weighted by atomic mass is 32.2. The number of carbonyl (C=O) groups is 1. The molecule has 0 aromatic heterocycles. The molecule has 0 radical (unpaired) electrons. The van der Waals surface area contributed by atoms with Crippen LogP contribution in [0.3, 0.4) is 0 Å². The molecule has 0 bridgehead atoms. The zero-order valence-electron chi connectivity index (χ0n) is 12.9. The zero-order valence-corrected chi connectivity index (χ0v) is 13.7. The minimum Gasteiger partial charge on any atom is -0.495 e. The molecule has 7 heteroatoms. The van der Waals surface area contributed by atoms with E-state index in [1.54, 1.807) is 6.07 Å². The van der Waals surface area contributed by atoms with Gasteiger partial charge in [0.1, 0.15) is 10.6 Å². The molecule has 122 valence electrons. The Labute approximate surface area is 135 Å². The van der Waals surface area contributed by atoms with E-state index in [4.69, 9.17) is 9.88 Å². The van der Waals surface area contributed by atoms with Crippen LogP contribution < -0.4 is 15.2 Å². The molecule has 0 saturated heterocycles. The average Bonchev–Trinajstić information content (AvgIpc) is 2.53. The molecule has 2 rings (SSSR count). The van der Waals surface area contributed by atoms with Gasteiger partial charge in [0.2, 0.25) is 10.0 Å². The third-order valence-electron chi connectivity index (χ3n) is 3.38. The van der Waals surface area contributed by atoms with Gasteiger partial charge in [-0.3, -0.25) is 4.79 Å². The SMILES string of the molecule is CCc1ccccc1NC(=O)c1ccc(OC)c(S(N)(=O)=O)c1. The van der Waals surface area contributed by atoms with E-state index in [9.17, 15) is 13.2 Å². The molecule has 0 aliphatic rings. The summed E-state index contributed by atoms with van der Waals surface area (Å²) in [5.74, 6) is -0.323. The predicted molar refractivity (Wildman–Crippen MR) is 88.1 cm³/mol. The van der Waals surface area contributed by atoms with E-state index in [0.717, 1.165) is 12.0 Å². The Morgan fingerprint density at radius 1 is 1.22 bits per heavy atom. The number of anilines is 1. The van der Waals surface area contributed by atoms with Gasteiger partial charge in [0.05, 0.1) is 7.11 Å². The summed E-state index contributed by atoms with van der Waals surface area (Å²) in [7, 11) is -2.66. The first-order valence-corrected chi connectivity index (χ1v) is 8.51. The van der Waals surface area contributed by atoms with Gasteiger partial charge in [-0.2, -0.15) is 0 Å². The van der Waals surface area contributed by atoms with Crippen LogP contribution in [0.4, 0.5) is 5.69 Å². The molecule has 2 aromatic carbocycles. The van der Waals surface area contributed by atoms with Gasteiger partial charge in [0, 0.05) is 11.3 Å². The van der Waals surface area contributed by atoms with Crippen molar-refractivity contribution >= 4 is 21.6 Å². The summed E-state index contributed by atoms with van der Waals surface area (Å²) < 4.78 is 28.2. The first kappa shape index (κ1) is 17.0. The molecule has 2 aromatic rings. The Kier molecular flexibility index (Phi) is 5.02. The quantitative estimate of drug-likeness (QED) is 0.875. The molecule has 0 aliphatic heterocycles. The molecule has 0 heterocycles. The van der Waals surface area contributed by atoms with Crippen molar-refractivity contribution in [1.29, 1.82) is 0 Å². The van der Waals surface area contributed by atoms with Crippen molar-refractivity contribution in [3.8, 4) is 5.75 Å². The standard InChI is InChI=1S/C16H18N2O4S/c1-3-11-6-4-5-7-13(11)18-16(19)12-8-9-14(22-2)15(10-12)23(17,20)21/h4-10H,3H2,1-2H3,(H,18,19)(H2,17,20,21). The van der Waals surface area contributed by atoms with E-state index in [-0.39, 0.29) is 16.2 Å². The summed E-state index contributed by atoms with van der Waals surface area (Å²) in [5.41, 5.74) is 1.86. The first-order valence-electron chi connectivity index (χ1n) is 6.97. The Hall–Kier alpha value is -2.38. The lowest BCUT2D eigenvalue weighted by atomic mass is 10.1. The van der Waals surface area contributed by atoms with Crippen LogP contribution in [-0.4, -0.2) is 21.4 Å². The number of rotatable bonds is 5. The number of sulfonamides is 1. The molecule has 0 atom stereocenters. The number of aryl methyl sites for hydroxylation is 1. The summed E-state index contributed by atoms with van der Waals surface area (Å²) in [6, 6.07) is 11.5. The number of methoxy groups -OCH3 is 1. The highest BCUT2D eigenvalue weighted by Gasteiger charge is 2.18. The van der Waals surface area contributed by atoms with Gasteiger partial charge < -0.3 is 10.1 Å². The van der Waals surface area contributed by atoms with Crippen molar-refractivity contribution in [2.75, 3.05) is 12.4 Å². The third kappa shape index (κ3) is 3.88. The fraction of sp³-hybridized carbons (Fsp3) is 0.188. The molecular weight excluding hydrogens is 316 g/mol. The maximum Gasteiger partial charge on any atom is 0.255 e. The topological polar surface area (TPSA) is 98.5 Å². The monoisotopic (exact) mass is 334 g/mol. The minimum atomic E-state index is -3.99. The van der Waals surface area contributed by atoms with Crippen LogP contribution >= 0.6 is 0 Å². The molecule has 23 heavy (non-hydrogen) atoms. The Morgan fingerprint density at radius 3 is 2.52 bits per heavy atom. The number of hydrogen-bond acceptors (Lipinski definition) is 4. The van der Waals surface area contributed by atoms with Crippen molar-refractivity contribution in [3.05, 3.63) is 53.6 Å². The maximum absolute atomic E-state index is 12.4. The van der Waals surface area contributed by atoms with Crippen molar-refractivity contribution in [3.63, 3.8) is 0 Å². The minimum absolute atomic E-state index is 0.0954. The highest BCUT2D eigenvalue weighted by molar-refractivity contribution is 7.89. The van der Waals surface area contributed by atoms with E-state index >= 15 is 0 Å².